The Labute approximate surface area is 149 Å². The third-order valence-corrected chi connectivity index (χ3v) is 4.06. The minimum Gasteiger partial charge on any atom is -0.337 e. The van der Waals surface area contributed by atoms with Crippen molar-refractivity contribution in [2.24, 2.45) is 0 Å². The van der Waals surface area contributed by atoms with Crippen LogP contribution in [0.25, 0.3) is 22.3 Å². The lowest BCUT2D eigenvalue weighted by atomic mass is 10.1. The van der Waals surface area contributed by atoms with Gasteiger partial charge in [0.05, 0.1) is 11.2 Å². The molecule has 0 saturated heterocycles. The number of halogens is 2. The number of anilines is 2. The van der Waals surface area contributed by atoms with E-state index < -0.39 is 11.6 Å². The van der Waals surface area contributed by atoms with Gasteiger partial charge < -0.3 is 5.32 Å². The van der Waals surface area contributed by atoms with Crippen LogP contribution in [0.2, 0.25) is 0 Å². The molecule has 4 rings (SSSR count). The minimum absolute atomic E-state index is 0.158. The van der Waals surface area contributed by atoms with E-state index in [0.29, 0.717) is 11.6 Å². The summed E-state index contributed by atoms with van der Waals surface area (Å²) in [7, 11) is 0. The van der Waals surface area contributed by atoms with Gasteiger partial charge in [0.15, 0.2) is 5.82 Å². The summed E-state index contributed by atoms with van der Waals surface area (Å²) in [5.74, 6) is -0.291. The molecule has 5 heteroatoms. The molecule has 26 heavy (non-hydrogen) atoms. The molecule has 3 aromatic carbocycles. The fourth-order valence-electron chi connectivity index (χ4n) is 2.80. The van der Waals surface area contributed by atoms with Crippen LogP contribution in [-0.4, -0.2) is 9.97 Å². The van der Waals surface area contributed by atoms with E-state index in [-0.39, 0.29) is 5.69 Å². The highest BCUT2D eigenvalue weighted by Gasteiger charge is 2.12. The van der Waals surface area contributed by atoms with Crippen molar-refractivity contribution in [2.45, 2.75) is 6.92 Å². The fraction of sp³-hybridized carbons (Fsp3) is 0.0476. The van der Waals surface area contributed by atoms with Crippen LogP contribution in [0.3, 0.4) is 0 Å². The molecule has 0 aliphatic rings. The van der Waals surface area contributed by atoms with Crippen molar-refractivity contribution >= 4 is 22.4 Å². The predicted molar refractivity (Wildman–Crippen MR) is 99.4 cm³/mol. The van der Waals surface area contributed by atoms with Crippen molar-refractivity contribution in [3.05, 3.63) is 83.9 Å². The summed E-state index contributed by atoms with van der Waals surface area (Å²) in [6.07, 6.45) is 0. The molecule has 0 aliphatic carbocycles. The highest BCUT2D eigenvalue weighted by molar-refractivity contribution is 5.92. The maximum absolute atomic E-state index is 14.1. The Hall–Kier alpha value is -3.34. The lowest BCUT2D eigenvalue weighted by Gasteiger charge is -2.12. The third kappa shape index (κ3) is 3.11. The van der Waals surface area contributed by atoms with Crippen molar-refractivity contribution in [3.63, 3.8) is 0 Å². The Balaban J connectivity index is 1.87. The number of hydrogen-bond acceptors (Lipinski definition) is 3. The summed E-state index contributed by atoms with van der Waals surface area (Å²) in [4.78, 5) is 9.21. The van der Waals surface area contributed by atoms with Gasteiger partial charge in [-0.1, -0.05) is 35.9 Å². The first kappa shape index (κ1) is 16.1. The Morgan fingerprint density at radius 2 is 1.69 bits per heavy atom. The molecule has 1 heterocycles. The number of nitrogens with one attached hydrogen (secondary N) is 1. The van der Waals surface area contributed by atoms with Crippen LogP contribution < -0.4 is 5.32 Å². The highest BCUT2D eigenvalue weighted by Crippen LogP contribution is 2.28. The largest absolute Gasteiger partial charge is 0.337 e. The molecular formula is C21H15F2N3. The van der Waals surface area contributed by atoms with E-state index in [0.717, 1.165) is 28.1 Å². The van der Waals surface area contributed by atoms with Crippen molar-refractivity contribution < 1.29 is 8.78 Å². The van der Waals surface area contributed by atoms with Gasteiger partial charge in [-0.2, -0.15) is 0 Å². The van der Waals surface area contributed by atoms with E-state index in [9.17, 15) is 8.78 Å². The topological polar surface area (TPSA) is 37.8 Å². The van der Waals surface area contributed by atoms with E-state index in [4.69, 9.17) is 0 Å². The SMILES string of the molecule is Cc1cccc(-c2nc(Nc3ccc(F)cc3F)c3ccccc3n2)c1. The van der Waals surface area contributed by atoms with Gasteiger partial charge in [0.2, 0.25) is 0 Å². The summed E-state index contributed by atoms with van der Waals surface area (Å²) in [6, 6.07) is 18.8. The second-order valence-electron chi connectivity index (χ2n) is 6.03. The third-order valence-electron chi connectivity index (χ3n) is 4.06. The van der Waals surface area contributed by atoms with Crippen LogP contribution in [0.4, 0.5) is 20.3 Å². The average Bonchev–Trinajstić information content (AvgIpc) is 2.64. The van der Waals surface area contributed by atoms with Crippen molar-refractivity contribution in [1.82, 2.24) is 9.97 Å². The second-order valence-corrected chi connectivity index (χ2v) is 6.03. The average molecular weight is 347 g/mol. The van der Waals surface area contributed by atoms with E-state index in [1.54, 1.807) is 0 Å². The lowest BCUT2D eigenvalue weighted by Crippen LogP contribution is -2.01. The molecule has 0 amide bonds. The Kier molecular flexibility index (Phi) is 4.05. The normalized spacial score (nSPS) is 10.9. The van der Waals surface area contributed by atoms with Crippen LogP contribution in [0.5, 0.6) is 0 Å². The second kappa shape index (κ2) is 6.52. The van der Waals surface area contributed by atoms with Crippen LogP contribution in [0.15, 0.2) is 66.7 Å². The number of aryl methyl sites for hydroxylation is 1. The van der Waals surface area contributed by atoms with E-state index in [1.165, 1.54) is 12.1 Å². The molecule has 0 atom stereocenters. The van der Waals surface area contributed by atoms with Gasteiger partial charge in [-0.25, -0.2) is 18.7 Å². The Morgan fingerprint density at radius 1 is 0.846 bits per heavy atom. The molecule has 128 valence electrons. The molecule has 0 aliphatic heterocycles. The molecule has 3 nitrogen and oxygen atoms in total. The number of nitrogens with zero attached hydrogens (tertiary/aromatic N) is 2. The number of rotatable bonds is 3. The molecule has 4 aromatic rings. The number of fused-ring (bicyclic) bond motifs is 1. The van der Waals surface area contributed by atoms with Crippen molar-refractivity contribution in [3.8, 4) is 11.4 Å². The van der Waals surface area contributed by atoms with Gasteiger partial charge in [0, 0.05) is 17.0 Å². The Morgan fingerprint density at radius 3 is 2.50 bits per heavy atom. The molecule has 0 radical (unpaired) electrons. The first-order valence-corrected chi connectivity index (χ1v) is 8.16. The summed E-state index contributed by atoms with van der Waals surface area (Å²) in [5.41, 5.74) is 2.87. The molecule has 0 spiro atoms. The summed E-state index contributed by atoms with van der Waals surface area (Å²) in [6.45, 7) is 2.00. The van der Waals surface area contributed by atoms with E-state index >= 15 is 0 Å². The lowest BCUT2D eigenvalue weighted by molar-refractivity contribution is 0.586. The number of para-hydroxylation sites is 1. The number of hydrogen-bond donors (Lipinski definition) is 1. The van der Waals surface area contributed by atoms with Crippen LogP contribution >= 0.6 is 0 Å². The first-order chi connectivity index (χ1) is 12.6. The van der Waals surface area contributed by atoms with Crippen molar-refractivity contribution in [2.75, 3.05) is 5.32 Å². The quantitative estimate of drug-likeness (QED) is 0.522. The summed E-state index contributed by atoms with van der Waals surface area (Å²) in [5, 5.41) is 3.73. The summed E-state index contributed by atoms with van der Waals surface area (Å²) >= 11 is 0. The smallest absolute Gasteiger partial charge is 0.162 e. The van der Waals surface area contributed by atoms with Gasteiger partial charge in [0.25, 0.3) is 0 Å². The standard InChI is InChI=1S/C21H15F2N3/c1-13-5-4-6-14(11-13)20-24-18-8-3-2-7-16(18)21(26-20)25-19-10-9-15(22)12-17(19)23/h2-12H,1H3,(H,24,25,26). The van der Waals surface area contributed by atoms with Crippen LogP contribution in [0, 0.1) is 18.6 Å². The summed E-state index contributed by atoms with van der Waals surface area (Å²) < 4.78 is 27.2. The molecule has 1 N–H and O–H groups in total. The molecule has 0 bridgehead atoms. The molecule has 1 aromatic heterocycles. The van der Waals surface area contributed by atoms with Crippen LogP contribution in [-0.2, 0) is 0 Å². The van der Waals surface area contributed by atoms with Gasteiger partial charge in [-0.3, -0.25) is 0 Å². The van der Waals surface area contributed by atoms with E-state index in [2.05, 4.69) is 15.3 Å². The van der Waals surface area contributed by atoms with Gasteiger partial charge in [-0.05, 0) is 37.3 Å². The highest BCUT2D eigenvalue weighted by atomic mass is 19.1. The maximum atomic E-state index is 14.1. The monoisotopic (exact) mass is 347 g/mol. The predicted octanol–water partition coefficient (Wildman–Crippen LogP) is 5.63. The first-order valence-electron chi connectivity index (χ1n) is 8.16. The number of aromatic nitrogens is 2. The van der Waals surface area contributed by atoms with Crippen LogP contribution in [0.1, 0.15) is 5.56 Å². The van der Waals surface area contributed by atoms with Gasteiger partial charge in [0.1, 0.15) is 17.5 Å². The zero-order chi connectivity index (χ0) is 18.1. The minimum atomic E-state index is -0.676. The maximum Gasteiger partial charge on any atom is 0.162 e. The zero-order valence-corrected chi connectivity index (χ0v) is 14.0. The molecule has 0 saturated carbocycles. The molecular weight excluding hydrogens is 332 g/mol. The zero-order valence-electron chi connectivity index (χ0n) is 14.0. The Bertz CT molecular complexity index is 1110. The fourth-order valence-corrected chi connectivity index (χ4v) is 2.80. The van der Waals surface area contributed by atoms with E-state index in [1.807, 2.05) is 55.5 Å². The number of benzene rings is 3. The molecule has 0 fully saturated rings. The van der Waals surface area contributed by atoms with Gasteiger partial charge >= 0.3 is 0 Å². The molecule has 0 unspecified atom stereocenters. The van der Waals surface area contributed by atoms with Gasteiger partial charge in [-0.15, -0.1) is 0 Å². The van der Waals surface area contributed by atoms with Crippen molar-refractivity contribution in [1.29, 1.82) is 0 Å².